The highest BCUT2D eigenvalue weighted by molar-refractivity contribution is 9.10. The largest absolute Gasteiger partial charge is 0.505 e. The van der Waals surface area contributed by atoms with Crippen LogP contribution in [0.5, 0.6) is 5.75 Å². The first-order valence-corrected chi connectivity index (χ1v) is 13.3. The van der Waals surface area contributed by atoms with Gasteiger partial charge in [-0.3, -0.25) is 9.36 Å². The van der Waals surface area contributed by atoms with E-state index in [0.29, 0.717) is 17.4 Å². The lowest BCUT2D eigenvalue weighted by atomic mass is 9.68. The zero-order valence-electron chi connectivity index (χ0n) is 19.2. The van der Waals surface area contributed by atoms with Crippen LogP contribution >= 0.6 is 27.7 Å². The van der Waals surface area contributed by atoms with Gasteiger partial charge in [-0.15, -0.1) is 0 Å². The monoisotopic (exact) mass is 589 g/mol. The predicted octanol–water partition coefficient (Wildman–Crippen LogP) is 7.15. The van der Waals surface area contributed by atoms with Gasteiger partial charge in [0.1, 0.15) is 15.9 Å². The van der Waals surface area contributed by atoms with Crippen LogP contribution in [-0.4, -0.2) is 9.67 Å². The fourth-order valence-electron chi connectivity index (χ4n) is 5.68. The minimum Gasteiger partial charge on any atom is -0.505 e. The standard InChI is InChI=1S/C27H19BrF3NO4S/c28-15-7-8-18-17(12-15)26(9-2-1-3-10-26)20-13-19-21(24(34)32(18)20)22(33)23(25(35)36-19)37-16-6-4-5-14(11-16)27(29,30)31/h4-8,11-13,33H,1-3,9-10H2. The Morgan fingerprint density at radius 1 is 1.03 bits per heavy atom. The topological polar surface area (TPSA) is 72.4 Å². The van der Waals surface area contributed by atoms with Gasteiger partial charge in [0, 0.05) is 26.5 Å². The zero-order chi connectivity index (χ0) is 26.1. The molecule has 3 heterocycles. The number of pyridine rings is 1. The third-order valence-electron chi connectivity index (χ3n) is 7.31. The van der Waals surface area contributed by atoms with Gasteiger partial charge in [0.05, 0.1) is 11.3 Å². The number of benzene rings is 2. The van der Waals surface area contributed by atoms with Crippen LogP contribution < -0.4 is 11.2 Å². The highest BCUT2D eigenvalue weighted by Gasteiger charge is 2.45. The number of hydrogen-bond donors (Lipinski definition) is 1. The molecule has 1 spiro atoms. The van der Waals surface area contributed by atoms with Crippen molar-refractivity contribution < 1.29 is 22.7 Å². The van der Waals surface area contributed by atoms with E-state index in [2.05, 4.69) is 15.9 Å². The molecule has 0 atom stereocenters. The van der Waals surface area contributed by atoms with E-state index < -0.39 is 34.1 Å². The zero-order valence-corrected chi connectivity index (χ0v) is 21.6. The van der Waals surface area contributed by atoms with E-state index in [0.717, 1.165) is 60.0 Å². The van der Waals surface area contributed by atoms with E-state index in [4.69, 9.17) is 4.42 Å². The number of hydrogen-bond acceptors (Lipinski definition) is 5. The molecule has 5 nitrogen and oxygen atoms in total. The quantitative estimate of drug-likeness (QED) is 0.269. The normalized spacial score (nSPS) is 16.2. The second-order valence-electron chi connectivity index (χ2n) is 9.41. The Balaban J connectivity index is 1.57. The van der Waals surface area contributed by atoms with Gasteiger partial charge in [0.25, 0.3) is 5.56 Å². The first-order valence-electron chi connectivity index (χ1n) is 11.7. The molecule has 1 aliphatic carbocycles. The lowest BCUT2D eigenvalue weighted by Crippen LogP contribution is -2.31. The number of nitrogens with zero attached hydrogens (tertiary/aromatic N) is 1. The molecular formula is C27H19BrF3NO4S. The van der Waals surface area contributed by atoms with Crippen LogP contribution in [0.15, 0.2) is 76.8 Å². The summed E-state index contributed by atoms with van der Waals surface area (Å²) in [7, 11) is 0. The number of fused-ring (bicyclic) bond motifs is 6. The SMILES string of the molecule is O=c1oc2cc3n(c(=O)c2c(O)c1Sc1cccc(C(F)(F)F)c1)-c1ccc(Br)cc1C31CCCCC1. The van der Waals surface area contributed by atoms with Crippen molar-refractivity contribution in [3.05, 3.63) is 90.6 Å². The summed E-state index contributed by atoms with van der Waals surface area (Å²) in [5.41, 5.74) is -0.356. The summed E-state index contributed by atoms with van der Waals surface area (Å²) < 4.78 is 47.5. The Labute approximate surface area is 221 Å². The van der Waals surface area contributed by atoms with E-state index >= 15 is 0 Å². The second-order valence-corrected chi connectivity index (χ2v) is 11.4. The Bertz CT molecular complexity index is 1700. The van der Waals surface area contributed by atoms with Gasteiger partial charge in [-0.1, -0.05) is 53.0 Å². The smallest absolute Gasteiger partial charge is 0.416 e. The number of aromatic hydroxyl groups is 1. The summed E-state index contributed by atoms with van der Waals surface area (Å²) >= 11 is 4.17. The van der Waals surface area contributed by atoms with Crippen molar-refractivity contribution >= 4 is 38.7 Å². The molecule has 37 heavy (non-hydrogen) atoms. The summed E-state index contributed by atoms with van der Waals surface area (Å²) in [6.45, 7) is 0. The lowest BCUT2D eigenvalue weighted by molar-refractivity contribution is -0.137. The van der Waals surface area contributed by atoms with Crippen molar-refractivity contribution in [1.29, 1.82) is 0 Å². The van der Waals surface area contributed by atoms with E-state index in [9.17, 15) is 27.9 Å². The third-order valence-corrected chi connectivity index (χ3v) is 8.85. The molecule has 2 aliphatic rings. The van der Waals surface area contributed by atoms with Gasteiger partial charge in [-0.05, 0) is 54.8 Å². The van der Waals surface area contributed by atoms with Crippen LogP contribution in [0.25, 0.3) is 16.7 Å². The van der Waals surface area contributed by atoms with Crippen LogP contribution in [0.4, 0.5) is 13.2 Å². The van der Waals surface area contributed by atoms with Gasteiger partial charge < -0.3 is 9.52 Å². The van der Waals surface area contributed by atoms with Crippen LogP contribution in [-0.2, 0) is 11.6 Å². The van der Waals surface area contributed by atoms with Crippen molar-refractivity contribution in [1.82, 2.24) is 4.57 Å². The molecule has 0 amide bonds. The molecule has 190 valence electrons. The van der Waals surface area contributed by atoms with E-state index in [1.165, 1.54) is 12.1 Å². The Morgan fingerprint density at radius 2 is 1.78 bits per heavy atom. The first kappa shape index (κ1) is 24.4. The maximum absolute atomic E-state index is 13.9. The van der Waals surface area contributed by atoms with Crippen molar-refractivity contribution in [3.63, 3.8) is 0 Å². The number of aromatic nitrogens is 1. The maximum atomic E-state index is 13.9. The van der Waals surface area contributed by atoms with Gasteiger partial charge in [-0.2, -0.15) is 13.2 Å². The Kier molecular flexibility index (Phi) is 5.61. The molecule has 0 radical (unpaired) electrons. The molecule has 2 aromatic heterocycles. The van der Waals surface area contributed by atoms with Crippen molar-refractivity contribution in [2.75, 3.05) is 0 Å². The average molecular weight is 590 g/mol. The van der Waals surface area contributed by atoms with Crippen molar-refractivity contribution in [2.24, 2.45) is 0 Å². The molecular weight excluding hydrogens is 571 g/mol. The lowest BCUT2D eigenvalue weighted by Gasteiger charge is -2.34. The van der Waals surface area contributed by atoms with Crippen LogP contribution in [0, 0.1) is 0 Å². The average Bonchev–Trinajstić information content (AvgIpc) is 3.10. The second kappa shape index (κ2) is 8.52. The maximum Gasteiger partial charge on any atom is 0.416 e. The summed E-state index contributed by atoms with van der Waals surface area (Å²) in [5, 5.41) is 10.9. The minimum atomic E-state index is -4.57. The molecule has 10 heteroatoms. The van der Waals surface area contributed by atoms with Gasteiger partial charge in [0.2, 0.25) is 0 Å². The van der Waals surface area contributed by atoms with Crippen LogP contribution in [0.2, 0.25) is 0 Å². The van der Waals surface area contributed by atoms with Gasteiger partial charge in [-0.25, -0.2) is 4.79 Å². The third kappa shape index (κ3) is 3.75. The molecule has 0 bridgehead atoms. The summed E-state index contributed by atoms with van der Waals surface area (Å²) in [4.78, 5) is 26.5. The van der Waals surface area contributed by atoms with Gasteiger partial charge in [0.15, 0.2) is 5.75 Å². The van der Waals surface area contributed by atoms with E-state index in [-0.39, 0.29) is 20.8 Å². The molecule has 1 saturated carbocycles. The molecule has 2 aromatic carbocycles. The van der Waals surface area contributed by atoms with Crippen molar-refractivity contribution in [3.8, 4) is 11.4 Å². The minimum absolute atomic E-state index is 0.0380. The molecule has 1 aliphatic heterocycles. The molecule has 0 saturated heterocycles. The Hall–Kier alpha value is -2.98. The molecule has 1 N–H and O–H groups in total. The number of rotatable bonds is 2. The fraction of sp³-hybridized carbons (Fsp3) is 0.259. The first-order chi connectivity index (χ1) is 17.6. The Morgan fingerprint density at radius 3 is 2.51 bits per heavy atom. The van der Waals surface area contributed by atoms with Crippen molar-refractivity contribution in [2.45, 2.75) is 53.5 Å². The van der Waals surface area contributed by atoms with Crippen LogP contribution in [0.1, 0.15) is 48.9 Å². The molecule has 6 rings (SSSR count). The van der Waals surface area contributed by atoms with E-state index in [1.54, 1.807) is 10.6 Å². The highest BCUT2D eigenvalue weighted by atomic mass is 79.9. The number of alkyl halides is 3. The molecule has 0 unspecified atom stereocenters. The highest BCUT2D eigenvalue weighted by Crippen LogP contribution is 2.52. The summed E-state index contributed by atoms with van der Waals surface area (Å²) in [6.07, 6.45) is 0.167. The van der Waals surface area contributed by atoms with Crippen LogP contribution in [0.3, 0.4) is 0 Å². The van der Waals surface area contributed by atoms with Gasteiger partial charge >= 0.3 is 11.8 Å². The summed E-state index contributed by atoms with van der Waals surface area (Å²) in [6, 6.07) is 11.8. The van der Waals surface area contributed by atoms with E-state index in [1.807, 2.05) is 18.2 Å². The molecule has 4 aromatic rings. The fourth-order valence-corrected chi connectivity index (χ4v) is 6.94. The summed E-state index contributed by atoms with van der Waals surface area (Å²) in [5.74, 6) is -0.600. The molecule has 1 fully saturated rings. The number of halogens is 4. The predicted molar refractivity (Wildman–Crippen MR) is 137 cm³/mol.